The summed E-state index contributed by atoms with van der Waals surface area (Å²) in [6, 6.07) is 4.73. The molecule has 0 atom stereocenters. The van der Waals surface area contributed by atoms with E-state index in [-0.39, 0.29) is 6.03 Å². The molecule has 2 aromatic heterocycles. The van der Waals surface area contributed by atoms with E-state index in [1.807, 2.05) is 0 Å². The molecule has 0 unspecified atom stereocenters. The predicted molar refractivity (Wildman–Crippen MR) is 73.5 cm³/mol. The van der Waals surface area contributed by atoms with Crippen LogP contribution >= 0.6 is 23.2 Å². The van der Waals surface area contributed by atoms with Crippen LogP contribution in [-0.4, -0.2) is 23.0 Å². The molecule has 0 saturated carbocycles. The van der Waals surface area contributed by atoms with E-state index < -0.39 is 0 Å². The SMILES string of the molecule is CN(Cc1ccco1)C(=O)Nc1cc(Cl)c(Cl)cn1. The first kappa shape index (κ1) is 13.7. The minimum Gasteiger partial charge on any atom is -0.467 e. The van der Waals surface area contributed by atoms with Gasteiger partial charge in [-0.15, -0.1) is 0 Å². The summed E-state index contributed by atoms with van der Waals surface area (Å²) in [7, 11) is 1.65. The molecule has 19 heavy (non-hydrogen) atoms. The molecule has 0 aliphatic heterocycles. The number of carbonyl (C=O) groups is 1. The summed E-state index contributed by atoms with van der Waals surface area (Å²) < 4.78 is 5.16. The number of halogens is 2. The Labute approximate surface area is 120 Å². The molecule has 0 radical (unpaired) electrons. The molecule has 2 rings (SSSR count). The number of aromatic nitrogens is 1. The Morgan fingerprint density at radius 1 is 1.47 bits per heavy atom. The average molecular weight is 300 g/mol. The molecular formula is C12H11Cl2N3O2. The van der Waals surface area contributed by atoms with Gasteiger partial charge in [0.2, 0.25) is 0 Å². The third-order valence-corrected chi connectivity index (χ3v) is 3.07. The van der Waals surface area contributed by atoms with Crippen LogP contribution in [0.3, 0.4) is 0 Å². The van der Waals surface area contributed by atoms with Crippen LogP contribution in [0.4, 0.5) is 10.6 Å². The zero-order valence-corrected chi connectivity index (χ0v) is 11.6. The maximum atomic E-state index is 11.9. The van der Waals surface area contributed by atoms with E-state index in [4.69, 9.17) is 27.6 Å². The fourth-order valence-corrected chi connectivity index (χ4v) is 1.65. The molecule has 0 spiro atoms. The maximum Gasteiger partial charge on any atom is 0.323 e. The standard InChI is InChI=1S/C12H11Cl2N3O2/c1-17(7-8-3-2-4-19-8)12(18)16-11-5-9(13)10(14)6-15-11/h2-6H,7H2,1H3,(H,15,16,18). The Morgan fingerprint density at radius 2 is 2.26 bits per heavy atom. The number of amides is 2. The Bertz CT molecular complexity index is 572. The minimum absolute atomic E-state index is 0.317. The fraction of sp³-hybridized carbons (Fsp3) is 0.167. The summed E-state index contributed by atoms with van der Waals surface area (Å²) in [5.41, 5.74) is 0. The lowest BCUT2D eigenvalue weighted by atomic mass is 10.4. The lowest BCUT2D eigenvalue weighted by molar-refractivity contribution is 0.216. The summed E-state index contributed by atoms with van der Waals surface area (Å²) in [6.07, 6.45) is 2.94. The van der Waals surface area contributed by atoms with E-state index in [9.17, 15) is 4.79 Å². The van der Waals surface area contributed by atoms with Crippen LogP contribution in [0, 0.1) is 0 Å². The van der Waals surface area contributed by atoms with Gasteiger partial charge in [0.15, 0.2) is 0 Å². The monoisotopic (exact) mass is 299 g/mol. The summed E-state index contributed by atoms with van der Waals surface area (Å²) in [5, 5.41) is 3.28. The van der Waals surface area contributed by atoms with Crippen molar-refractivity contribution in [1.29, 1.82) is 0 Å². The van der Waals surface area contributed by atoms with Crippen LogP contribution in [0.1, 0.15) is 5.76 Å². The largest absolute Gasteiger partial charge is 0.467 e. The van der Waals surface area contributed by atoms with Gasteiger partial charge in [-0.2, -0.15) is 0 Å². The van der Waals surface area contributed by atoms with Crippen molar-refractivity contribution >= 4 is 35.1 Å². The van der Waals surface area contributed by atoms with Crippen molar-refractivity contribution in [1.82, 2.24) is 9.88 Å². The number of anilines is 1. The third-order valence-electron chi connectivity index (χ3n) is 2.36. The van der Waals surface area contributed by atoms with Crippen molar-refractivity contribution in [3.63, 3.8) is 0 Å². The number of urea groups is 1. The van der Waals surface area contributed by atoms with Gasteiger partial charge in [-0.25, -0.2) is 9.78 Å². The Hall–Kier alpha value is -1.72. The molecule has 0 bridgehead atoms. The molecule has 2 heterocycles. The summed E-state index contributed by atoms with van der Waals surface area (Å²) in [5.74, 6) is 1.03. The van der Waals surface area contributed by atoms with E-state index >= 15 is 0 Å². The number of furan rings is 1. The quantitative estimate of drug-likeness (QED) is 0.941. The highest BCUT2D eigenvalue weighted by Gasteiger charge is 2.12. The molecule has 5 nitrogen and oxygen atoms in total. The molecular weight excluding hydrogens is 289 g/mol. The van der Waals surface area contributed by atoms with Crippen molar-refractivity contribution in [2.45, 2.75) is 6.54 Å². The summed E-state index contributed by atoms with van der Waals surface area (Å²) in [6.45, 7) is 0.361. The van der Waals surface area contributed by atoms with Gasteiger partial charge in [0.25, 0.3) is 0 Å². The van der Waals surface area contributed by atoms with Crippen molar-refractivity contribution in [2.24, 2.45) is 0 Å². The van der Waals surface area contributed by atoms with Crippen LogP contribution in [0.2, 0.25) is 10.0 Å². The number of hydrogen-bond donors (Lipinski definition) is 1. The minimum atomic E-state index is -0.317. The number of nitrogens with zero attached hydrogens (tertiary/aromatic N) is 2. The first-order valence-corrected chi connectivity index (χ1v) is 6.17. The second-order valence-electron chi connectivity index (χ2n) is 3.85. The molecule has 2 aromatic rings. The second-order valence-corrected chi connectivity index (χ2v) is 4.66. The van der Waals surface area contributed by atoms with E-state index in [0.29, 0.717) is 28.2 Å². The average Bonchev–Trinajstić information content (AvgIpc) is 2.86. The highest BCUT2D eigenvalue weighted by atomic mass is 35.5. The van der Waals surface area contributed by atoms with Gasteiger partial charge in [0.05, 0.1) is 22.9 Å². The number of rotatable bonds is 3. The predicted octanol–water partition coefficient (Wildman–Crippen LogP) is 3.65. The van der Waals surface area contributed by atoms with Gasteiger partial charge in [-0.05, 0) is 12.1 Å². The van der Waals surface area contributed by atoms with Crippen LogP contribution < -0.4 is 5.32 Å². The van der Waals surface area contributed by atoms with E-state index in [0.717, 1.165) is 0 Å². The smallest absolute Gasteiger partial charge is 0.323 e. The number of nitrogens with one attached hydrogen (secondary N) is 1. The third kappa shape index (κ3) is 3.62. The van der Waals surface area contributed by atoms with E-state index in [1.54, 1.807) is 25.4 Å². The molecule has 0 fully saturated rings. The molecule has 2 amide bonds. The number of hydrogen-bond acceptors (Lipinski definition) is 3. The van der Waals surface area contributed by atoms with Gasteiger partial charge in [0, 0.05) is 19.3 Å². The van der Waals surface area contributed by atoms with Crippen molar-refractivity contribution in [3.05, 3.63) is 46.5 Å². The van der Waals surface area contributed by atoms with Crippen LogP contribution in [0.5, 0.6) is 0 Å². The molecule has 0 aliphatic carbocycles. The Balaban J connectivity index is 1.98. The molecule has 1 N–H and O–H groups in total. The van der Waals surface area contributed by atoms with Gasteiger partial charge in [-0.1, -0.05) is 23.2 Å². The number of pyridine rings is 1. The molecule has 0 aromatic carbocycles. The van der Waals surface area contributed by atoms with E-state index in [2.05, 4.69) is 10.3 Å². The fourth-order valence-electron chi connectivity index (χ4n) is 1.40. The Kier molecular flexibility index (Phi) is 4.29. The van der Waals surface area contributed by atoms with Crippen molar-refractivity contribution in [2.75, 3.05) is 12.4 Å². The zero-order valence-electron chi connectivity index (χ0n) is 10.1. The van der Waals surface area contributed by atoms with Gasteiger partial charge >= 0.3 is 6.03 Å². The summed E-state index contributed by atoms with van der Waals surface area (Å²) in [4.78, 5) is 17.3. The highest BCUT2D eigenvalue weighted by Crippen LogP contribution is 2.22. The topological polar surface area (TPSA) is 58.4 Å². The highest BCUT2D eigenvalue weighted by molar-refractivity contribution is 6.42. The normalized spacial score (nSPS) is 10.3. The van der Waals surface area contributed by atoms with Crippen molar-refractivity contribution < 1.29 is 9.21 Å². The molecule has 100 valence electrons. The lowest BCUT2D eigenvalue weighted by Gasteiger charge is -2.16. The first-order chi connectivity index (χ1) is 9.06. The summed E-state index contributed by atoms with van der Waals surface area (Å²) >= 11 is 11.6. The number of carbonyl (C=O) groups excluding carboxylic acids is 1. The van der Waals surface area contributed by atoms with Crippen LogP contribution in [0.15, 0.2) is 35.1 Å². The molecule has 7 heteroatoms. The lowest BCUT2D eigenvalue weighted by Crippen LogP contribution is -2.31. The van der Waals surface area contributed by atoms with Crippen molar-refractivity contribution in [3.8, 4) is 0 Å². The maximum absolute atomic E-state index is 11.9. The van der Waals surface area contributed by atoms with Crippen LogP contribution in [0.25, 0.3) is 0 Å². The van der Waals surface area contributed by atoms with Gasteiger partial charge in [-0.3, -0.25) is 5.32 Å². The van der Waals surface area contributed by atoms with Gasteiger partial charge in [0.1, 0.15) is 11.6 Å². The van der Waals surface area contributed by atoms with Gasteiger partial charge < -0.3 is 9.32 Å². The Morgan fingerprint density at radius 3 is 2.89 bits per heavy atom. The molecule has 0 aliphatic rings. The second kappa shape index (κ2) is 5.95. The van der Waals surface area contributed by atoms with Crippen LogP contribution in [-0.2, 0) is 6.54 Å². The molecule has 0 saturated heterocycles. The first-order valence-electron chi connectivity index (χ1n) is 5.42. The van der Waals surface area contributed by atoms with E-state index in [1.165, 1.54) is 17.2 Å². The zero-order chi connectivity index (χ0) is 13.8.